The summed E-state index contributed by atoms with van der Waals surface area (Å²) in [7, 11) is 1.86. The number of halogens is 1. The Hall–Kier alpha value is -1.02. The van der Waals surface area contributed by atoms with E-state index in [4.69, 9.17) is 4.74 Å². The molecule has 2 N–H and O–H groups in total. The molecule has 0 aliphatic carbocycles. The van der Waals surface area contributed by atoms with E-state index in [0.717, 1.165) is 58.0 Å². The van der Waals surface area contributed by atoms with E-state index in [-0.39, 0.29) is 24.0 Å². The lowest BCUT2D eigenvalue weighted by molar-refractivity contribution is 0.0264. The van der Waals surface area contributed by atoms with Crippen LogP contribution in [0.5, 0.6) is 0 Å². The molecule has 1 fully saturated rings. The molecule has 0 aromatic heterocycles. The second kappa shape index (κ2) is 12.4. The van der Waals surface area contributed by atoms with Gasteiger partial charge in [-0.25, -0.2) is 0 Å². The zero-order chi connectivity index (χ0) is 16.3. The van der Waals surface area contributed by atoms with Crippen LogP contribution in [-0.2, 0) is 4.74 Å². The van der Waals surface area contributed by atoms with Crippen LogP contribution in [0, 0.1) is 0 Å². The largest absolute Gasteiger partial charge is 0.385 e. The summed E-state index contributed by atoms with van der Waals surface area (Å²) in [5.41, 5.74) is 1.18. The minimum atomic E-state index is 0. The van der Waals surface area contributed by atoms with E-state index >= 15 is 0 Å². The van der Waals surface area contributed by atoms with Crippen molar-refractivity contribution in [1.82, 2.24) is 10.2 Å². The van der Waals surface area contributed by atoms with Crippen LogP contribution in [0.3, 0.4) is 0 Å². The first-order valence-electron chi connectivity index (χ1n) is 8.69. The number of benzene rings is 1. The van der Waals surface area contributed by atoms with Crippen LogP contribution in [0.25, 0.3) is 0 Å². The van der Waals surface area contributed by atoms with Gasteiger partial charge in [0.05, 0.1) is 6.10 Å². The van der Waals surface area contributed by atoms with Gasteiger partial charge in [0.1, 0.15) is 0 Å². The maximum Gasteiger partial charge on any atom is 0.193 e. The summed E-state index contributed by atoms with van der Waals surface area (Å²) in [5, 5.41) is 6.89. The molecule has 0 atom stereocenters. The second-order valence-corrected chi connectivity index (χ2v) is 5.76. The van der Waals surface area contributed by atoms with Crippen molar-refractivity contribution in [2.75, 3.05) is 45.2 Å². The van der Waals surface area contributed by atoms with Crippen LogP contribution in [-0.4, -0.2) is 56.8 Å². The predicted octanol–water partition coefficient (Wildman–Crippen LogP) is 3.18. The van der Waals surface area contributed by atoms with E-state index in [9.17, 15) is 0 Å². The van der Waals surface area contributed by atoms with Gasteiger partial charge in [0.25, 0.3) is 0 Å². The molecule has 2 rings (SSSR count). The number of hydrogen-bond acceptors (Lipinski definition) is 3. The van der Waals surface area contributed by atoms with E-state index in [2.05, 4.69) is 39.6 Å². The minimum Gasteiger partial charge on any atom is -0.385 e. The number of piperidine rings is 1. The molecule has 5 nitrogen and oxygen atoms in total. The number of hydrogen-bond donors (Lipinski definition) is 2. The first kappa shape index (κ1) is 21.0. The van der Waals surface area contributed by atoms with E-state index < -0.39 is 0 Å². The summed E-state index contributed by atoms with van der Waals surface area (Å²) >= 11 is 0. The van der Waals surface area contributed by atoms with Crippen LogP contribution in [0.15, 0.2) is 35.3 Å². The van der Waals surface area contributed by atoms with Crippen molar-refractivity contribution in [1.29, 1.82) is 0 Å². The summed E-state index contributed by atoms with van der Waals surface area (Å²) in [5.74, 6) is 1.01. The second-order valence-electron chi connectivity index (χ2n) is 5.76. The van der Waals surface area contributed by atoms with Crippen LogP contribution in [0.2, 0.25) is 0 Å². The molecular weight excluding hydrogens is 415 g/mol. The Labute approximate surface area is 163 Å². The third-order valence-corrected chi connectivity index (χ3v) is 4.10. The highest BCUT2D eigenvalue weighted by Crippen LogP contribution is 2.13. The molecular formula is C18H31IN4O. The zero-order valence-electron chi connectivity index (χ0n) is 14.8. The van der Waals surface area contributed by atoms with E-state index in [1.807, 2.05) is 25.2 Å². The Morgan fingerprint density at radius 3 is 2.54 bits per heavy atom. The third-order valence-electron chi connectivity index (χ3n) is 4.10. The van der Waals surface area contributed by atoms with Gasteiger partial charge in [0.15, 0.2) is 5.96 Å². The van der Waals surface area contributed by atoms with Crippen LogP contribution >= 0.6 is 24.0 Å². The molecule has 0 saturated carbocycles. The monoisotopic (exact) mass is 446 g/mol. The summed E-state index contributed by atoms with van der Waals surface area (Å²) in [6, 6.07) is 10.3. The summed E-state index contributed by atoms with van der Waals surface area (Å²) in [4.78, 5) is 6.74. The highest BCUT2D eigenvalue weighted by Gasteiger charge is 2.21. The fourth-order valence-electron chi connectivity index (χ4n) is 2.88. The minimum absolute atomic E-state index is 0. The van der Waals surface area contributed by atoms with Crippen molar-refractivity contribution >= 4 is 35.6 Å². The normalized spacial score (nSPS) is 15.8. The third kappa shape index (κ3) is 7.25. The van der Waals surface area contributed by atoms with Crippen molar-refractivity contribution in [3.63, 3.8) is 0 Å². The van der Waals surface area contributed by atoms with Crippen LogP contribution in [0.1, 0.15) is 26.2 Å². The molecule has 1 aliphatic heterocycles. The number of nitrogens with zero attached hydrogens (tertiary/aromatic N) is 2. The topological polar surface area (TPSA) is 48.9 Å². The van der Waals surface area contributed by atoms with Gasteiger partial charge >= 0.3 is 0 Å². The van der Waals surface area contributed by atoms with Crippen LogP contribution < -0.4 is 10.6 Å². The molecule has 6 heteroatoms. The van der Waals surface area contributed by atoms with Gasteiger partial charge in [-0.05, 0) is 38.3 Å². The van der Waals surface area contributed by atoms with Crippen molar-refractivity contribution < 1.29 is 4.74 Å². The molecule has 1 aromatic carbocycles. The molecule has 1 saturated heterocycles. The Morgan fingerprint density at radius 2 is 1.92 bits per heavy atom. The number of ether oxygens (including phenoxy) is 1. The molecule has 1 heterocycles. The van der Waals surface area contributed by atoms with Gasteiger partial charge in [-0.1, -0.05) is 18.2 Å². The number of likely N-dealkylation sites (tertiary alicyclic amines) is 1. The maximum atomic E-state index is 5.70. The first-order chi connectivity index (χ1) is 11.3. The van der Waals surface area contributed by atoms with Crippen molar-refractivity contribution in [3.8, 4) is 0 Å². The van der Waals surface area contributed by atoms with Gasteiger partial charge in [0.2, 0.25) is 0 Å². The van der Waals surface area contributed by atoms with E-state index in [1.54, 1.807) is 0 Å². The van der Waals surface area contributed by atoms with Gasteiger partial charge in [-0.3, -0.25) is 4.99 Å². The molecule has 1 aliphatic rings. The molecule has 0 unspecified atom stereocenters. The fourth-order valence-corrected chi connectivity index (χ4v) is 2.88. The molecule has 1 aromatic rings. The molecule has 0 amide bonds. The number of nitrogens with one attached hydrogen (secondary N) is 2. The van der Waals surface area contributed by atoms with Gasteiger partial charge < -0.3 is 20.3 Å². The SMILES string of the molecule is CCOC1CCN(C(=NC)NCCCNc2ccccc2)CC1.I. The summed E-state index contributed by atoms with van der Waals surface area (Å²) in [6.45, 7) is 6.81. The van der Waals surface area contributed by atoms with Crippen molar-refractivity contribution in [2.24, 2.45) is 4.99 Å². The number of aliphatic imine (C=N–C) groups is 1. The number of anilines is 1. The standard InChI is InChI=1S/C18H30N4O.HI/c1-3-23-17-10-14-22(15-11-17)18(19-2)21-13-7-12-20-16-8-5-4-6-9-16;/h4-6,8-9,17,20H,3,7,10-15H2,1-2H3,(H,19,21);1H. The Balaban J connectivity index is 0.00000288. The lowest BCUT2D eigenvalue weighted by atomic mass is 10.1. The highest BCUT2D eigenvalue weighted by atomic mass is 127. The lowest BCUT2D eigenvalue weighted by Crippen LogP contribution is -2.47. The van der Waals surface area contributed by atoms with E-state index in [0.29, 0.717) is 6.10 Å². The molecule has 136 valence electrons. The van der Waals surface area contributed by atoms with Crippen LogP contribution in [0.4, 0.5) is 5.69 Å². The number of para-hydroxylation sites is 1. The molecule has 0 spiro atoms. The Morgan fingerprint density at radius 1 is 1.21 bits per heavy atom. The van der Waals surface area contributed by atoms with Gasteiger partial charge in [-0.15, -0.1) is 24.0 Å². The molecule has 0 radical (unpaired) electrons. The molecule has 0 bridgehead atoms. The lowest BCUT2D eigenvalue weighted by Gasteiger charge is -2.34. The Bertz CT molecular complexity index is 461. The zero-order valence-corrected chi connectivity index (χ0v) is 17.2. The summed E-state index contributed by atoms with van der Waals surface area (Å²) < 4.78 is 5.70. The number of guanidine groups is 1. The van der Waals surface area contributed by atoms with Crippen molar-refractivity contribution in [2.45, 2.75) is 32.3 Å². The van der Waals surface area contributed by atoms with Crippen molar-refractivity contribution in [3.05, 3.63) is 30.3 Å². The van der Waals surface area contributed by atoms with Gasteiger partial charge in [0, 0.05) is 45.5 Å². The average molecular weight is 446 g/mol. The Kier molecular flexibility index (Phi) is 10.8. The smallest absolute Gasteiger partial charge is 0.193 e. The molecule has 24 heavy (non-hydrogen) atoms. The first-order valence-corrected chi connectivity index (χ1v) is 8.69. The maximum absolute atomic E-state index is 5.70. The van der Waals surface area contributed by atoms with Gasteiger partial charge in [-0.2, -0.15) is 0 Å². The summed E-state index contributed by atoms with van der Waals surface area (Å²) in [6.07, 6.45) is 3.65. The number of rotatable bonds is 7. The predicted molar refractivity (Wildman–Crippen MR) is 113 cm³/mol. The van der Waals surface area contributed by atoms with E-state index in [1.165, 1.54) is 5.69 Å². The highest BCUT2D eigenvalue weighted by molar-refractivity contribution is 14.0. The fraction of sp³-hybridized carbons (Fsp3) is 0.611. The quantitative estimate of drug-likeness (QED) is 0.293. The average Bonchev–Trinajstić information content (AvgIpc) is 2.60.